The van der Waals surface area contributed by atoms with Gasteiger partial charge >= 0.3 is 0 Å². The molecule has 0 spiro atoms. The van der Waals surface area contributed by atoms with Crippen molar-refractivity contribution in [1.82, 2.24) is 9.97 Å². The number of hydrogen-bond donors (Lipinski definition) is 2. The molecule has 3 N–H and O–H groups in total. The number of carbonyl (C=O) groups is 1. The Morgan fingerprint density at radius 2 is 1.88 bits per heavy atom. The molecule has 3 aromatic rings. The van der Waals surface area contributed by atoms with E-state index in [0.717, 1.165) is 29.0 Å². The minimum Gasteiger partial charge on any atom is -0.496 e. The Hall–Kier alpha value is -3.41. The smallest absolute Gasteiger partial charge is 0.248 e. The van der Waals surface area contributed by atoms with E-state index in [4.69, 9.17) is 10.5 Å². The zero-order valence-electron chi connectivity index (χ0n) is 14.5. The lowest BCUT2D eigenvalue weighted by Crippen LogP contribution is -2.10. The van der Waals surface area contributed by atoms with E-state index in [2.05, 4.69) is 15.3 Å². The Balaban J connectivity index is 1.66. The normalized spacial score (nSPS) is 10.3. The highest BCUT2D eigenvalue weighted by Gasteiger charge is 2.05. The van der Waals surface area contributed by atoms with Crippen molar-refractivity contribution < 1.29 is 9.53 Å². The molecule has 3 rings (SSSR count). The predicted octanol–water partition coefficient (Wildman–Crippen LogP) is 2.91. The molecule has 0 radical (unpaired) electrons. The number of rotatable bonds is 7. The molecule has 0 unspecified atom stereocenters. The first-order valence-electron chi connectivity index (χ1n) is 8.26. The summed E-state index contributed by atoms with van der Waals surface area (Å²) >= 11 is 0. The minimum absolute atomic E-state index is 0.446. The van der Waals surface area contributed by atoms with Gasteiger partial charge in [-0.05, 0) is 36.2 Å². The largest absolute Gasteiger partial charge is 0.496 e. The van der Waals surface area contributed by atoms with Crippen molar-refractivity contribution in [2.24, 2.45) is 5.73 Å². The Kier molecular flexibility index (Phi) is 5.43. The van der Waals surface area contributed by atoms with E-state index in [1.54, 1.807) is 25.4 Å². The van der Waals surface area contributed by atoms with E-state index >= 15 is 0 Å². The zero-order valence-corrected chi connectivity index (χ0v) is 14.5. The van der Waals surface area contributed by atoms with Crippen LogP contribution in [0.2, 0.25) is 0 Å². The van der Waals surface area contributed by atoms with E-state index < -0.39 is 5.91 Å². The Morgan fingerprint density at radius 1 is 1.12 bits per heavy atom. The number of methoxy groups -OCH3 is 1. The van der Waals surface area contributed by atoms with Crippen molar-refractivity contribution >= 4 is 11.9 Å². The number of para-hydroxylation sites is 1. The first-order chi connectivity index (χ1) is 12.7. The number of aromatic nitrogens is 2. The van der Waals surface area contributed by atoms with Crippen LogP contribution in [-0.4, -0.2) is 29.5 Å². The van der Waals surface area contributed by atoms with E-state index in [1.807, 2.05) is 42.5 Å². The summed E-state index contributed by atoms with van der Waals surface area (Å²) in [5.41, 5.74) is 8.53. The molecule has 132 valence electrons. The second-order valence-electron chi connectivity index (χ2n) is 5.70. The van der Waals surface area contributed by atoms with Crippen molar-refractivity contribution in [2.45, 2.75) is 6.42 Å². The number of nitrogens with two attached hydrogens (primary N) is 1. The van der Waals surface area contributed by atoms with Crippen LogP contribution in [0.1, 0.15) is 15.9 Å². The molecule has 6 heteroatoms. The Bertz CT molecular complexity index is 894. The Morgan fingerprint density at radius 3 is 2.62 bits per heavy atom. The molecule has 0 bridgehead atoms. The number of benzene rings is 2. The van der Waals surface area contributed by atoms with E-state index in [1.165, 1.54) is 0 Å². The van der Waals surface area contributed by atoms with Crippen molar-refractivity contribution in [3.05, 3.63) is 71.9 Å². The molecule has 1 aromatic heterocycles. The van der Waals surface area contributed by atoms with Gasteiger partial charge in [0, 0.05) is 23.9 Å². The van der Waals surface area contributed by atoms with Crippen molar-refractivity contribution in [3.63, 3.8) is 0 Å². The summed E-state index contributed by atoms with van der Waals surface area (Å²) < 4.78 is 5.36. The van der Waals surface area contributed by atoms with Crippen LogP contribution in [0, 0.1) is 0 Å². The van der Waals surface area contributed by atoms with Crippen LogP contribution >= 0.6 is 0 Å². The van der Waals surface area contributed by atoms with Crippen LogP contribution in [-0.2, 0) is 6.42 Å². The predicted molar refractivity (Wildman–Crippen MR) is 101 cm³/mol. The first kappa shape index (κ1) is 17.4. The lowest BCUT2D eigenvalue weighted by atomic mass is 10.1. The molecule has 0 saturated carbocycles. The van der Waals surface area contributed by atoms with Crippen LogP contribution in [0.5, 0.6) is 5.75 Å². The van der Waals surface area contributed by atoms with Gasteiger partial charge in [0.15, 0.2) is 0 Å². The molecule has 26 heavy (non-hydrogen) atoms. The highest BCUT2D eigenvalue weighted by Crippen LogP contribution is 2.19. The molecule has 1 amide bonds. The van der Waals surface area contributed by atoms with Gasteiger partial charge in [-0.2, -0.15) is 0 Å². The van der Waals surface area contributed by atoms with Gasteiger partial charge in [0.25, 0.3) is 0 Å². The topological polar surface area (TPSA) is 90.1 Å². The number of nitrogens with zero attached hydrogens (tertiary/aromatic N) is 2. The van der Waals surface area contributed by atoms with Crippen LogP contribution in [0.15, 0.2) is 60.8 Å². The zero-order chi connectivity index (χ0) is 18.4. The molecule has 0 atom stereocenters. The van der Waals surface area contributed by atoms with E-state index in [-0.39, 0.29) is 0 Å². The van der Waals surface area contributed by atoms with Crippen molar-refractivity contribution in [2.75, 3.05) is 19.0 Å². The van der Waals surface area contributed by atoms with Gasteiger partial charge in [0.2, 0.25) is 11.9 Å². The maximum Gasteiger partial charge on any atom is 0.248 e. The number of primary amides is 1. The average molecular weight is 348 g/mol. The third-order valence-electron chi connectivity index (χ3n) is 3.99. The number of carbonyl (C=O) groups excluding carboxylic acids is 1. The highest BCUT2D eigenvalue weighted by molar-refractivity contribution is 5.93. The molecular formula is C20H20N4O2. The van der Waals surface area contributed by atoms with Crippen LogP contribution in [0.25, 0.3) is 11.3 Å². The van der Waals surface area contributed by atoms with Crippen molar-refractivity contribution in [3.8, 4) is 17.0 Å². The summed E-state index contributed by atoms with van der Waals surface area (Å²) in [4.78, 5) is 19.9. The molecule has 0 aliphatic carbocycles. The summed E-state index contributed by atoms with van der Waals surface area (Å²) in [5.74, 6) is 0.979. The van der Waals surface area contributed by atoms with Crippen molar-refractivity contribution in [1.29, 1.82) is 0 Å². The SMILES string of the molecule is COc1ccccc1CCNc1nccc(-c2ccc(C(N)=O)cc2)n1. The number of hydrogen-bond acceptors (Lipinski definition) is 5. The summed E-state index contributed by atoms with van der Waals surface area (Å²) in [7, 11) is 1.67. The first-order valence-corrected chi connectivity index (χ1v) is 8.26. The quantitative estimate of drug-likeness (QED) is 0.685. The third-order valence-corrected chi connectivity index (χ3v) is 3.99. The molecule has 0 aliphatic rings. The summed E-state index contributed by atoms with van der Waals surface area (Å²) in [6.07, 6.45) is 2.50. The minimum atomic E-state index is -0.446. The van der Waals surface area contributed by atoms with E-state index in [9.17, 15) is 4.79 Å². The highest BCUT2D eigenvalue weighted by atomic mass is 16.5. The lowest BCUT2D eigenvalue weighted by Gasteiger charge is -2.09. The third kappa shape index (κ3) is 4.16. The molecule has 0 fully saturated rings. The van der Waals surface area contributed by atoms with Crippen LogP contribution in [0.3, 0.4) is 0 Å². The fourth-order valence-electron chi connectivity index (χ4n) is 2.63. The summed E-state index contributed by atoms with van der Waals surface area (Å²) in [6, 6.07) is 16.8. The lowest BCUT2D eigenvalue weighted by molar-refractivity contribution is 0.100. The number of nitrogens with one attached hydrogen (secondary N) is 1. The maximum absolute atomic E-state index is 11.2. The fraction of sp³-hybridized carbons (Fsp3) is 0.150. The van der Waals surface area contributed by atoms with Gasteiger partial charge < -0.3 is 15.8 Å². The van der Waals surface area contributed by atoms with Gasteiger partial charge in [-0.1, -0.05) is 30.3 Å². The molecule has 6 nitrogen and oxygen atoms in total. The number of ether oxygens (including phenoxy) is 1. The average Bonchev–Trinajstić information content (AvgIpc) is 2.68. The molecule has 1 heterocycles. The van der Waals surface area contributed by atoms with Crippen LogP contribution < -0.4 is 15.8 Å². The second-order valence-corrected chi connectivity index (χ2v) is 5.70. The van der Waals surface area contributed by atoms with Gasteiger partial charge in [0.05, 0.1) is 12.8 Å². The van der Waals surface area contributed by atoms with Gasteiger partial charge in [-0.15, -0.1) is 0 Å². The molecule has 0 aliphatic heterocycles. The molecule has 0 saturated heterocycles. The fourth-order valence-corrected chi connectivity index (χ4v) is 2.63. The van der Waals surface area contributed by atoms with Crippen LogP contribution in [0.4, 0.5) is 5.95 Å². The standard InChI is InChI=1S/C20H20N4O2/c1-26-18-5-3-2-4-15(18)10-12-22-20-23-13-11-17(24-20)14-6-8-16(9-7-14)19(21)25/h2-9,11,13H,10,12H2,1H3,(H2,21,25)(H,22,23,24). The number of amides is 1. The monoisotopic (exact) mass is 348 g/mol. The molecular weight excluding hydrogens is 328 g/mol. The summed E-state index contributed by atoms with van der Waals surface area (Å²) in [6.45, 7) is 0.685. The van der Waals surface area contributed by atoms with E-state index in [0.29, 0.717) is 18.1 Å². The second kappa shape index (κ2) is 8.11. The number of anilines is 1. The van der Waals surface area contributed by atoms with Gasteiger partial charge in [0.1, 0.15) is 5.75 Å². The maximum atomic E-state index is 11.2. The molecule has 2 aromatic carbocycles. The van der Waals surface area contributed by atoms with Gasteiger partial charge in [-0.3, -0.25) is 4.79 Å². The van der Waals surface area contributed by atoms with Gasteiger partial charge in [-0.25, -0.2) is 9.97 Å². The summed E-state index contributed by atoms with van der Waals surface area (Å²) in [5, 5.41) is 3.23. The Labute approximate surface area is 152 Å².